The van der Waals surface area contributed by atoms with Gasteiger partial charge in [-0.15, -0.1) is 0 Å². The van der Waals surface area contributed by atoms with E-state index in [1.807, 2.05) is 32.0 Å². The molecule has 0 unspecified atom stereocenters. The van der Waals surface area contributed by atoms with Gasteiger partial charge in [0.05, 0.1) is 6.42 Å². The van der Waals surface area contributed by atoms with Gasteiger partial charge in [0.15, 0.2) is 0 Å². The Bertz CT molecular complexity index is 730. The Morgan fingerprint density at radius 2 is 1.90 bits per heavy atom. The lowest BCUT2D eigenvalue weighted by molar-refractivity contribution is -0.115. The molecule has 6 heteroatoms. The van der Waals surface area contributed by atoms with Gasteiger partial charge in [0.25, 0.3) is 5.56 Å². The fraction of sp³-hybridized carbons (Fsp3) is 0.214. The zero-order valence-corrected chi connectivity index (χ0v) is 11.2. The summed E-state index contributed by atoms with van der Waals surface area (Å²) in [5, 5.41) is 2.77. The van der Waals surface area contributed by atoms with E-state index in [-0.39, 0.29) is 18.0 Å². The number of rotatable bonds is 3. The number of H-pyrrole nitrogens is 2. The molecule has 0 fully saturated rings. The van der Waals surface area contributed by atoms with Crippen LogP contribution in [0.2, 0.25) is 0 Å². The number of aromatic nitrogens is 2. The number of carbonyl (C=O) groups excluding carboxylic acids is 1. The van der Waals surface area contributed by atoms with Crippen LogP contribution >= 0.6 is 0 Å². The Labute approximate surface area is 114 Å². The number of anilines is 1. The maximum atomic E-state index is 11.9. The molecule has 6 nitrogen and oxygen atoms in total. The lowest BCUT2D eigenvalue weighted by Gasteiger charge is -2.09. The van der Waals surface area contributed by atoms with Crippen molar-refractivity contribution in [1.82, 2.24) is 9.97 Å². The molecule has 0 bridgehead atoms. The van der Waals surface area contributed by atoms with Crippen LogP contribution in [-0.4, -0.2) is 15.9 Å². The Balaban J connectivity index is 2.15. The molecule has 1 heterocycles. The van der Waals surface area contributed by atoms with Gasteiger partial charge in [0.1, 0.15) is 0 Å². The second kappa shape index (κ2) is 5.56. The third-order valence-corrected chi connectivity index (χ3v) is 2.83. The second-order valence-electron chi connectivity index (χ2n) is 4.66. The first-order valence-electron chi connectivity index (χ1n) is 6.13. The maximum absolute atomic E-state index is 11.9. The van der Waals surface area contributed by atoms with Crippen molar-refractivity contribution in [3.05, 3.63) is 61.9 Å². The standard InChI is InChI=1S/C14H15N3O3/c1-8-3-4-9(2)11(5-8)16-12(18)6-10-7-13(19)17-14(20)15-10/h3-5,7H,6H2,1-2H3,(H,16,18)(H2,15,17,19,20). The Kier molecular flexibility index (Phi) is 3.84. The number of carbonyl (C=O) groups is 1. The zero-order chi connectivity index (χ0) is 14.7. The van der Waals surface area contributed by atoms with Crippen molar-refractivity contribution in [3.63, 3.8) is 0 Å². The molecule has 0 radical (unpaired) electrons. The topological polar surface area (TPSA) is 94.8 Å². The van der Waals surface area contributed by atoms with Gasteiger partial charge in [-0.3, -0.25) is 14.6 Å². The van der Waals surface area contributed by atoms with E-state index >= 15 is 0 Å². The van der Waals surface area contributed by atoms with Crippen molar-refractivity contribution >= 4 is 11.6 Å². The molecule has 0 aliphatic heterocycles. The van der Waals surface area contributed by atoms with Crippen LogP contribution in [0.5, 0.6) is 0 Å². The van der Waals surface area contributed by atoms with E-state index in [9.17, 15) is 14.4 Å². The fourth-order valence-corrected chi connectivity index (χ4v) is 1.85. The van der Waals surface area contributed by atoms with Crippen LogP contribution < -0.4 is 16.6 Å². The van der Waals surface area contributed by atoms with Gasteiger partial charge < -0.3 is 10.3 Å². The molecule has 0 aliphatic rings. The minimum absolute atomic E-state index is 0.0630. The fourth-order valence-electron chi connectivity index (χ4n) is 1.85. The van der Waals surface area contributed by atoms with E-state index in [2.05, 4.69) is 15.3 Å². The smallest absolute Gasteiger partial charge is 0.325 e. The lowest BCUT2D eigenvalue weighted by Crippen LogP contribution is -2.25. The third kappa shape index (κ3) is 3.44. The van der Waals surface area contributed by atoms with Crippen molar-refractivity contribution in [2.24, 2.45) is 0 Å². The van der Waals surface area contributed by atoms with Gasteiger partial charge in [-0.1, -0.05) is 12.1 Å². The summed E-state index contributed by atoms with van der Waals surface area (Å²) >= 11 is 0. The number of amides is 1. The van der Waals surface area contributed by atoms with Crippen LogP contribution in [0, 0.1) is 13.8 Å². The van der Waals surface area contributed by atoms with E-state index in [4.69, 9.17) is 0 Å². The molecule has 2 rings (SSSR count). The summed E-state index contributed by atoms with van der Waals surface area (Å²) in [6.45, 7) is 3.83. The highest BCUT2D eigenvalue weighted by Crippen LogP contribution is 2.16. The summed E-state index contributed by atoms with van der Waals surface area (Å²) < 4.78 is 0. The molecule has 1 aromatic carbocycles. The van der Waals surface area contributed by atoms with Gasteiger partial charge in [0, 0.05) is 17.4 Å². The van der Waals surface area contributed by atoms with Crippen LogP contribution in [0.1, 0.15) is 16.8 Å². The van der Waals surface area contributed by atoms with Gasteiger partial charge in [-0.2, -0.15) is 0 Å². The molecule has 3 N–H and O–H groups in total. The molecule has 1 aromatic heterocycles. The summed E-state index contributed by atoms with van der Waals surface area (Å²) in [7, 11) is 0. The summed E-state index contributed by atoms with van der Waals surface area (Å²) in [6.07, 6.45) is -0.0630. The average molecular weight is 273 g/mol. The summed E-state index contributed by atoms with van der Waals surface area (Å²) in [5.41, 5.74) is 1.85. The number of hydrogen-bond donors (Lipinski definition) is 3. The van der Waals surface area contributed by atoms with Crippen molar-refractivity contribution in [3.8, 4) is 0 Å². The molecule has 2 aromatic rings. The Hall–Kier alpha value is -2.63. The minimum Gasteiger partial charge on any atom is -0.326 e. The van der Waals surface area contributed by atoms with Crippen LogP contribution in [0.4, 0.5) is 5.69 Å². The molecular formula is C14H15N3O3. The summed E-state index contributed by atoms with van der Waals surface area (Å²) in [4.78, 5) is 38.6. The Morgan fingerprint density at radius 1 is 1.15 bits per heavy atom. The number of benzene rings is 1. The molecule has 0 spiro atoms. The predicted octanol–water partition coefficient (Wildman–Crippen LogP) is 0.861. The van der Waals surface area contributed by atoms with Gasteiger partial charge in [-0.25, -0.2) is 4.79 Å². The van der Waals surface area contributed by atoms with Crippen LogP contribution in [-0.2, 0) is 11.2 Å². The molecule has 0 saturated heterocycles. The van der Waals surface area contributed by atoms with Gasteiger partial charge in [0.2, 0.25) is 5.91 Å². The highest BCUT2D eigenvalue weighted by atomic mass is 16.2. The van der Waals surface area contributed by atoms with E-state index in [0.717, 1.165) is 16.8 Å². The number of aryl methyl sites for hydroxylation is 2. The van der Waals surface area contributed by atoms with Gasteiger partial charge >= 0.3 is 5.69 Å². The zero-order valence-electron chi connectivity index (χ0n) is 11.2. The monoisotopic (exact) mass is 273 g/mol. The molecule has 0 aliphatic carbocycles. The van der Waals surface area contributed by atoms with Gasteiger partial charge in [-0.05, 0) is 31.0 Å². The number of aromatic amines is 2. The molecule has 20 heavy (non-hydrogen) atoms. The van der Waals surface area contributed by atoms with E-state index in [1.54, 1.807) is 0 Å². The quantitative estimate of drug-likeness (QED) is 0.774. The molecule has 104 valence electrons. The minimum atomic E-state index is -0.618. The van der Waals surface area contributed by atoms with Crippen LogP contribution in [0.3, 0.4) is 0 Å². The normalized spacial score (nSPS) is 10.3. The van der Waals surface area contributed by atoms with E-state index in [1.165, 1.54) is 6.07 Å². The first kappa shape index (κ1) is 13.8. The van der Waals surface area contributed by atoms with Crippen LogP contribution in [0.25, 0.3) is 0 Å². The first-order valence-corrected chi connectivity index (χ1v) is 6.13. The summed E-state index contributed by atoms with van der Waals surface area (Å²) in [5.74, 6) is -0.292. The lowest BCUT2D eigenvalue weighted by atomic mass is 10.1. The van der Waals surface area contributed by atoms with Crippen LogP contribution in [0.15, 0.2) is 33.9 Å². The number of hydrogen-bond acceptors (Lipinski definition) is 3. The molecule has 0 atom stereocenters. The second-order valence-corrected chi connectivity index (χ2v) is 4.66. The average Bonchev–Trinajstić information content (AvgIpc) is 2.32. The van der Waals surface area contributed by atoms with Crippen molar-refractivity contribution in [2.45, 2.75) is 20.3 Å². The van der Waals surface area contributed by atoms with E-state index in [0.29, 0.717) is 0 Å². The first-order chi connectivity index (χ1) is 9.44. The molecule has 0 saturated carbocycles. The Morgan fingerprint density at radius 3 is 2.60 bits per heavy atom. The maximum Gasteiger partial charge on any atom is 0.325 e. The summed E-state index contributed by atoms with van der Waals surface area (Å²) in [6, 6.07) is 6.94. The molecule has 1 amide bonds. The predicted molar refractivity (Wildman–Crippen MR) is 75.9 cm³/mol. The van der Waals surface area contributed by atoms with E-state index < -0.39 is 11.2 Å². The van der Waals surface area contributed by atoms with Crippen molar-refractivity contribution < 1.29 is 4.79 Å². The largest absolute Gasteiger partial charge is 0.326 e. The highest BCUT2D eigenvalue weighted by molar-refractivity contribution is 5.92. The number of nitrogens with one attached hydrogen (secondary N) is 3. The third-order valence-electron chi connectivity index (χ3n) is 2.83. The SMILES string of the molecule is Cc1ccc(C)c(NC(=O)Cc2cc(=O)[nH]c(=O)[nH]2)c1. The molecular weight excluding hydrogens is 258 g/mol. The van der Waals surface area contributed by atoms with Crippen molar-refractivity contribution in [1.29, 1.82) is 0 Å². The van der Waals surface area contributed by atoms with Crippen molar-refractivity contribution in [2.75, 3.05) is 5.32 Å². The highest BCUT2D eigenvalue weighted by Gasteiger charge is 2.07.